The molecule has 9 heteroatoms. The number of aromatic nitrogens is 2. The van der Waals surface area contributed by atoms with E-state index in [0.29, 0.717) is 37.0 Å². The van der Waals surface area contributed by atoms with Crippen LogP contribution in [0.1, 0.15) is 82.7 Å². The number of phenolic OH excluding ortho intramolecular Hbond substituents is 2. The number of methoxy groups -OCH3 is 1. The number of Topliss-reactive ketones (excluding diaryl/α,β-unsaturated/α-hetero) is 2. The molecule has 2 aliphatic rings. The molecular formula is C45H47N3O6-2. The molecule has 4 bridgehead atoms. The molecule has 3 heterocycles. The summed E-state index contributed by atoms with van der Waals surface area (Å²) in [5.74, 6) is -0.867. The van der Waals surface area contributed by atoms with Crippen LogP contribution in [0.25, 0.3) is 11.4 Å². The van der Waals surface area contributed by atoms with Crippen molar-refractivity contribution in [2.75, 3.05) is 20.3 Å². The number of aryl methyl sites for hydroxylation is 2. The quantitative estimate of drug-likeness (QED) is 0.0940. The number of nitrogens with one attached hydrogen (secondary N) is 1. The Kier molecular flexibility index (Phi) is 11.3. The van der Waals surface area contributed by atoms with Gasteiger partial charge in [0.2, 0.25) is 0 Å². The van der Waals surface area contributed by atoms with Gasteiger partial charge in [-0.25, -0.2) is 0 Å². The van der Waals surface area contributed by atoms with Crippen molar-refractivity contribution >= 4 is 23.5 Å². The molecule has 0 amide bonds. The molecular weight excluding hydrogens is 679 g/mol. The maximum absolute atomic E-state index is 14.9. The van der Waals surface area contributed by atoms with E-state index >= 15 is 0 Å². The Hall–Kier alpha value is -5.54. The van der Waals surface area contributed by atoms with E-state index in [1.54, 1.807) is 24.4 Å². The number of unbranched alkanes of at least 4 members (excludes halogenated alkanes) is 1. The van der Waals surface area contributed by atoms with Gasteiger partial charge in [0.1, 0.15) is 11.5 Å². The Labute approximate surface area is 316 Å². The summed E-state index contributed by atoms with van der Waals surface area (Å²) in [5.41, 5.74) is 8.34. The van der Waals surface area contributed by atoms with Crippen LogP contribution in [-0.2, 0) is 35.3 Å². The first-order valence-electron chi connectivity index (χ1n) is 18.9. The van der Waals surface area contributed by atoms with Crippen molar-refractivity contribution in [3.63, 3.8) is 0 Å². The number of ether oxygens (including phenoxy) is 1. The predicted molar refractivity (Wildman–Crippen MR) is 209 cm³/mol. The molecule has 4 N–H and O–H groups in total. The highest BCUT2D eigenvalue weighted by molar-refractivity contribution is 6.05. The zero-order chi connectivity index (χ0) is 37.6. The van der Waals surface area contributed by atoms with E-state index < -0.39 is 11.8 Å². The van der Waals surface area contributed by atoms with Gasteiger partial charge in [0.15, 0.2) is 17.3 Å². The topological polar surface area (TPSA) is 148 Å². The van der Waals surface area contributed by atoms with E-state index in [1.807, 2.05) is 54.7 Å². The lowest BCUT2D eigenvalue weighted by Crippen LogP contribution is -2.37. The van der Waals surface area contributed by atoms with E-state index in [2.05, 4.69) is 22.1 Å². The molecule has 9 nitrogen and oxygen atoms in total. The van der Waals surface area contributed by atoms with Crippen LogP contribution in [0.4, 0.5) is 5.82 Å². The molecule has 1 aliphatic heterocycles. The van der Waals surface area contributed by atoms with Gasteiger partial charge in [-0.3, -0.25) is 9.59 Å². The van der Waals surface area contributed by atoms with Crippen LogP contribution in [0, 0.1) is 11.8 Å². The van der Waals surface area contributed by atoms with Crippen molar-refractivity contribution in [1.29, 1.82) is 0 Å². The molecule has 0 spiro atoms. The fourth-order valence-electron chi connectivity index (χ4n) is 8.30. The highest BCUT2D eigenvalue weighted by Crippen LogP contribution is 2.45. The molecule has 7 rings (SSSR count). The minimum Gasteiger partial charge on any atom is -0.664 e. The highest BCUT2D eigenvalue weighted by Gasteiger charge is 2.40. The number of H-pyrrole nitrogens is 1. The first-order chi connectivity index (χ1) is 26.3. The monoisotopic (exact) mass is 725 g/mol. The van der Waals surface area contributed by atoms with Gasteiger partial charge < -0.3 is 35.3 Å². The van der Waals surface area contributed by atoms with Gasteiger partial charge in [0.05, 0.1) is 13.0 Å². The second-order valence-corrected chi connectivity index (χ2v) is 14.6. The van der Waals surface area contributed by atoms with Gasteiger partial charge in [0, 0.05) is 30.9 Å². The largest absolute Gasteiger partial charge is 0.664 e. The molecule has 0 radical (unpaired) electrons. The Bertz CT molecular complexity index is 2140. The fourth-order valence-corrected chi connectivity index (χ4v) is 8.30. The SMILES string of the molecule is COc1cc2cc(c1O)Cc1cccc(c1)Cc1cc[nH]c1[N-]CC1=Cc3[n-]ccc3C(CCCCc3cccc(O)c3)C1C(=O)C(CCO)C(=O)CC2. The van der Waals surface area contributed by atoms with Crippen molar-refractivity contribution in [3.8, 4) is 17.2 Å². The zero-order valence-electron chi connectivity index (χ0n) is 30.6. The minimum absolute atomic E-state index is 0.0372. The molecule has 1 aliphatic carbocycles. The maximum atomic E-state index is 14.9. The van der Waals surface area contributed by atoms with Crippen molar-refractivity contribution in [2.45, 2.75) is 63.7 Å². The third-order valence-electron chi connectivity index (χ3n) is 11.0. The third-order valence-corrected chi connectivity index (χ3v) is 11.0. The fraction of sp³-hybridized carbons (Fsp3) is 0.333. The van der Waals surface area contributed by atoms with E-state index in [9.17, 15) is 24.9 Å². The van der Waals surface area contributed by atoms with Crippen LogP contribution in [0.3, 0.4) is 0 Å². The number of hydrogen-bond donors (Lipinski definition) is 4. The van der Waals surface area contributed by atoms with Crippen molar-refractivity contribution in [1.82, 2.24) is 9.97 Å². The second-order valence-electron chi connectivity index (χ2n) is 14.6. The number of aliphatic hydroxyl groups is 1. The third kappa shape index (κ3) is 8.16. The molecule has 0 saturated heterocycles. The summed E-state index contributed by atoms with van der Waals surface area (Å²) in [6.07, 6.45) is 10.4. The van der Waals surface area contributed by atoms with Gasteiger partial charge in [0.25, 0.3) is 0 Å². The summed E-state index contributed by atoms with van der Waals surface area (Å²) in [4.78, 5) is 37.1. The first kappa shape index (κ1) is 36.8. The summed E-state index contributed by atoms with van der Waals surface area (Å²) in [5, 5.41) is 36.3. The van der Waals surface area contributed by atoms with Crippen LogP contribution < -0.4 is 9.72 Å². The standard InChI is InChI=1S/C45H47N3O6/c1-54-41-25-31-12-13-40(51)38(16-19-49)44(53)42-34(26-39-36(15-18-46-39)37(42)11-3-2-6-28-7-5-10-35(50)24-28)27-48-45-32(14-17-47-45)21-29-8-4-9-30(20-29)22-33(23-31)43(41)52/h4-5,7-10,14-15,17-18,20,23-26,37-38,42,47,49-50,52H,2-3,6,11-13,16,19,21-22,27H2,1H3/q-2. The van der Waals surface area contributed by atoms with Crippen molar-refractivity contribution in [3.05, 3.63) is 141 Å². The Morgan fingerprint density at radius 3 is 2.48 bits per heavy atom. The molecule has 2 aromatic heterocycles. The Morgan fingerprint density at radius 2 is 1.69 bits per heavy atom. The normalized spacial score (nSPS) is 18.9. The van der Waals surface area contributed by atoms with Gasteiger partial charge in [-0.05, 0) is 97.0 Å². The lowest BCUT2D eigenvalue weighted by atomic mass is 9.69. The lowest BCUT2D eigenvalue weighted by Gasteiger charge is -2.37. The summed E-state index contributed by atoms with van der Waals surface area (Å²) in [7, 11) is 1.51. The number of rotatable bonds is 8. The molecule has 3 aromatic carbocycles. The average Bonchev–Trinajstić information content (AvgIpc) is 3.83. The summed E-state index contributed by atoms with van der Waals surface area (Å²) in [6, 6.07) is 23.2. The summed E-state index contributed by atoms with van der Waals surface area (Å²) in [6.45, 7) is -0.0431. The number of carbonyl (C=O) groups excluding carboxylic acids is 2. The van der Waals surface area contributed by atoms with Gasteiger partial charge in [-0.15, -0.1) is 5.69 Å². The molecule has 0 fully saturated rings. The predicted octanol–water partition coefficient (Wildman–Crippen LogP) is 7.87. The zero-order valence-corrected chi connectivity index (χ0v) is 30.6. The molecule has 3 atom stereocenters. The van der Waals surface area contributed by atoms with Crippen LogP contribution in [0.2, 0.25) is 0 Å². The molecule has 3 unspecified atom stereocenters. The van der Waals surface area contributed by atoms with E-state index in [0.717, 1.165) is 69.7 Å². The molecule has 5 aromatic rings. The van der Waals surface area contributed by atoms with Crippen molar-refractivity contribution < 1.29 is 29.6 Å². The molecule has 280 valence electrons. The van der Waals surface area contributed by atoms with E-state index in [4.69, 9.17) is 10.1 Å². The Balaban J connectivity index is 1.25. The lowest BCUT2D eigenvalue weighted by molar-refractivity contribution is -0.135. The van der Waals surface area contributed by atoms with Crippen LogP contribution in [-0.4, -0.2) is 52.1 Å². The maximum Gasteiger partial charge on any atom is 0.161 e. The number of aromatic amines is 1. The van der Waals surface area contributed by atoms with E-state index in [1.165, 1.54) is 7.11 Å². The number of benzene rings is 3. The number of phenols is 2. The first-order valence-corrected chi connectivity index (χ1v) is 18.9. The number of hydrogen-bond acceptors (Lipinski definition) is 6. The van der Waals surface area contributed by atoms with Crippen LogP contribution >= 0.6 is 0 Å². The molecule has 54 heavy (non-hydrogen) atoms. The second kappa shape index (κ2) is 16.6. The Morgan fingerprint density at radius 1 is 0.870 bits per heavy atom. The number of nitrogens with zero attached hydrogens (tertiary/aromatic N) is 2. The number of carbonyl (C=O) groups is 2. The minimum atomic E-state index is -0.995. The highest BCUT2D eigenvalue weighted by atomic mass is 16.5. The number of ketones is 2. The molecule has 0 saturated carbocycles. The number of fused-ring (bicyclic) bond motifs is 7. The van der Waals surface area contributed by atoms with Gasteiger partial charge in [-0.2, -0.15) is 6.20 Å². The van der Waals surface area contributed by atoms with E-state index in [-0.39, 0.29) is 55.0 Å². The van der Waals surface area contributed by atoms with Crippen LogP contribution in [0.5, 0.6) is 17.2 Å². The van der Waals surface area contributed by atoms with Gasteiger partial charge in [-0.1, -0.05) is 90.2 Å². The summed E-state index contributed by atoms with van der Waals surface area (Å²) < 4.78 is 5.55. The number of aromatic hydroxyl groups is 2. The van der Waals surface area contributed by atoms with Crippen molar-refractivity contribution in [2.24, 2.45) is 11.8 Å². The number of aliphatic hydroxyl groups excluding tert-OH is 1. The smallest absolute Gasteiger partial charge is 0.161 e. The average molecular weight is 726 g/mol. The van der Waals surface area contributed by atoms with Crippen LogP contribution in [0.15, 0.2) is 90.8 Å². The summed E-state index contributed by atoms with van der Waals surface area (Å²) >= 11 is 0. The van der Waals surface area contributed by atoms with Gasteiger partial charge >= 0.3 is 0 Å².